The molecule has 0 atom stereocenters. The Morgan fingerprint density at radius 3 is 2.66 bits per heavy atom. The zero-order chi connectivity index (χ0) is 20.8. The minimum absolute atomic E-state index is 0.141. The van der Waals surface area contributed by atoms with Gasteiger partial charge in [0.1, 0.15) is 10.6 Å². The Kier molecular flexibility index (Phi) is 6.82. The number of non-ortho nitro benzene ring substituents is 1. The van der Waals surface area contributed by atoms with Crippen molar-refractivity contribution in [3.8, 4) is 5.75 Å². The predicted molar refractivity (Wildman–Crippen MR) is 109 cm³/mol. The van der Waals surface area contributed by atoms with Crippen LogP contribution in [0.3, 0.4) is 0 Å². The van der Waals surface area contributed by atoms with Crippen molar-refractivity contribution in [1.29, 1.82) is 0 Å². The molecule has 1 heterocycles. The molecular weight excluding hydrogens is 396 g/mol. The van der Waals surface area contributed by atoms with Gasteiger partial charge in [-0.05, 0) is 43.4 Å². The van der Waals surface area contributed by atoms with Crippen LogP contribution in [0.5, 0.6) is 5.75 Å². The van der Waals surface area contributed by atoms with Crippen LogP contribution in [0.2, 0.25) is 0 Å². The number of rotatable bonds is 6. The second kappa shape index (κ2) is 9.51. The van der Waals surface area contributed by atoms with Gasteiger partial charge in [0, 0.05) is 17.0 Å². The van der Waals surface area contributed by atoms with E-state index >= 15 is 0 Å². The SMILES string of the molecule is COc1ccc([N+](=O)[O-])cc1NC(=O)COC(=O)c1cc2c(s1)CCCCCC2. The molecule has 0 spiro atoms. The van der Waals surface area contributed by atoms with Crippen molar-refractivity contribution in [2.45, 2.75) is 38.5 Å². The van der Waals surface area contributed by atoms with Crippen LogP contribution in [0.1, 0.15) is 45.8 Å². The Labute approximate surface area is 172 Å². The Balaban J connectivity index is 1.61. The molecule has 1 aromatic heterocycles. The summed E-state index contributed by atoms with van der Waals surface area (Å²) in [6, 6.07) is 5.73. The van der Waals surface area contributed by atoms with E-state index in [-0.39, 0.29) is 17.1 Å². The van der Waals surface area contributed by atoms with Gasteiger partial charge in [-0.25, -0.2) is 4.79 Å². The lowest BCUT2D eigenvalue weighted by Crippen LogP contribution is -2.21. The molecule has 1 N–H and O–H groups in total. The highest BCUT2D eigenvalue weighted by atomic mass is 32.1. The van der Waals surface area contributed by atoms with Crippen LogP contribution in [0, 0.1) is 10.1 Å². The molecule has 1 aromatic carbocycles. The molecule has 1 aliphatic rings. The average Bonchev–Trinajstić information content (AvgIpc) is 3.08. The maximum absolute atomic E-state index is 12.4. The van der Waals surface area contributed by atoms with Crippen molar-refractivity contribution in [3.63, 3.8) is 0 Å². The summed E-state index contributed by atoms with van der Waals surface area (Å²) in [7, 11) is 1.39. The second-order valence-electron chi connectivity index (χ2n) is 6.74. The molecule has 3 rings (SSSR count). The van der Waals surface area contributed by atoms with Crippen molar-refractivity contribution in [2.75, 3.05) is 19.0 Å². The van der Waals surface area contributed by atoms with Gasteiger partial charge in [-0.15, -0.1) is 11.3 Å². The summed E-state index contributed by atoms with van der Waals surface area (Å²) >= 11 is 1.43. The Bertz CT molecular complexity index is 898. The van der Waals surface area contributed by atoms with Crippen LogP contribution in [-0.4, -0.2) is 30.5 Å². The van der Waals surface area contributed by atoms with E-state index < -0.39 is 23.4 Å². The average molecular weight is 418 g/mol. The number of benzene rings is 1. The van der Waals surface area contributed by atoms with Crippen LogP contribution >= 0.6 is 11.3 Å². The van der Waals surface area contributed by atoms with E-state index in [0.717, 1.165) is 25.7 Å². The number of nitrogens with one attached hydrogen (secondary N) is 1. The fourth-order valence-electron chi connectivity index (χ4n) is 3.24. The number of aryl methyl sites for hydroxylation is 2. The van der Waals surface area contributed by atoms with Crippen LogP contribution in [0.15, 0.2) is 24.3 Å². The van der Waals surface area contributed by atoms with Crippen LogP contribution in [0.4, 0.5) is 11.4 Å². The summed E-state index contributed by atoms with van der Waals surface area (Å²) in [5.74, 6) is -0.872. The Morgan fingerprint density at radius 1 is 1.17 bits per heavy atom. The summed E-state index contributed by atoms with van der Waals surface area (Å²) in [5, 5.41) is 13.4. The number of carbonyl (C=O) groups is 2. The summed E-state index contributed by atoms with van der Waals surface area (Å²) in [4.78, 5) is 36.6. The molecule has 0 unspecified atom stereocenters. The molecule has 0 bridgehead atoms. The number of fused-ring (bicyclic) bond motifs is 1. The molecule has 2 aromatic rings. The number of ether oxygens (including phenoxy) is 2. The normalized spacial score (nSPS) is 13.6. The van der Waals surface area contributed by atoms with Gasteiger partial charge in [-0.1, -0.05) is 12.8 Å². The second-order valence-corrected chi connectivity index (χ2v) is 7.88. The van der Waals surface area contributed by atoms with E-state index in [1.54, 1.807) is 0 Å². The van der Waals surface area contributed by atoms with E-state index in [9.17, 15) is 19.7 Å². The third-order valence-corrected chi connectivity index (χ3v) is 5.92. The number of amides is 1. The van der Waals surface area contributed by atoms with Gasteiger partial charge >= 0.3 is 5.97 Å². The molecule has 0 saturated heterocycles. The van der Waals surface area contributed by atoms with Gasteiger partial charge in [-0.2, -0.15) is 0 Å². The number of methoxy groups -OCH3 is 1. The molecule has 0 aliphatic heterocycles. The fraction of sp³-hybridized carbons (Fsp3) is 0.400. The van der Waals surface area contributed by atoms with Gasteiger partial charge in [0.05, 0.1) is 17.7 Å². The summed E-state index contributed by atoms with van der Waals surface area (Å²) in [5.41, 5.74) is 1.16. The topological polar surface area (TPSA) is 108 Å². The van der Waals surface area contributed by atoms with Gasteiger partial charge in [-0.3, -0.25) is 14.9 Å². The van der Waals surface area contributed by atoms with Crippen LogP contribution in [0.25, 0.3) is 0 Å². The highest BCUT2D eigenvalue weighted by Gasteiger charge is 2.19. The van der Waals surface area contributed by atoms with Crippen molar-refractivity contribution in [1.82, 2.24) is 0 Å². The third kappa shape index (κ3) is 5.32. The first-order valence-electron chi connectivity index (χ1n) is 9.39. The van der Waals surface area contributed by atoms with E-state index in [2.05, 4.69) is 5.32 Å². The monoisotopic (exact) mass is 418 g/mol. The van der Waals surface area contributed by atoms with Gasteiger partial charge in [0.25, 0.3) is 11.6 Å². The minimum atomic E-state index is -0.605. The number of anilines is 1. The molecule has 0 radical (unpaired) electrons. The maximum atomic E-state index is 12.4. The zero-order valence-corrected chi connectivity index (χ0v) is 16.9. The van der Waals surface area contributed by atoms with E-state index in [4.69, 9.17) is 9.47 Å². The van der Waals surface area contributed by atoms with E-state index in [1.165, 1.54) is 59.9 Å². The number of nitro groups is 1. The standard InChI is InChI=1S/C20H22N2O6S/c1-27-16-9-8-14(22(25)26)11-15(16)21-19(23)12-28-20(24)18-10-13-6-4-2-3-5-7-17(13)29-18/h8-11H,2-7,12H2,1H3,(H,21,23). The van der Waals surface area contributed by atoms with Crippen molar-refractivity contribution < 1.29 is 24.0 Å². The highest BCUT2D eigenvalue weighted by Crippen LogP contribution is 2.30. The lowest BCUT2D eigenvalue weighted by molar-refractivity contribution is -0.384. The van der Waals surface area contributed by atoms with Crippen molar-refractivity contribution in [3.05, 3.63) is 49.7 Å². The Morgan fingerprint density at radius 2 is 1.93 bits per heavy atom. The molecule has 154 valence electrons. The van der Waals surface area contributed by atoms with Crippen molar-refractivity contribution >= 4 is 34.6 Å². The molecule has 0 saturated carbocycles. The number of nitro benzene ring substituents is 1. The summed E-state index contributed by atoms with van der Waals surface area (Å²) in [6.07, 6.45) is 6.59. The Hall–Kier alpha value is -2.94. The van der Waals surface area contributed by atoms with E-state index in [1.807, 2.05) is 6.07 Å². The van der Waals surface area contributed by atoms with Crippen LogP contribution < -0.4 is 10.1 Å². The van der Waals surface area contributed by atoms with E-state index in [0.29, 0.717) is 4.88 Å². The van der Waals surface area contributed by atoms with Gasteiger partial charge in [0.2, 0.25) is 0 Å². The largest absolute Gasteiger partial charge is 0.495 e. The zero-order valence-electron chi connectivity index (χ0n) is 16.1. The molecule has 1 aliphatic carbocycles. The maximum Gasteiger partial charge on any atom is 0.348 e. The number of esters is 1. The number of carbonyl (C=O) groups excluding carboxylic acids is 2. The first kappa shape index (κ1) is 20.8. The molecule has 29 heavy (non-hydrogen) atoms. The number of nitrogens with zero attached hydrogens (tertiary/aromatic N) is 1. The quantitative estimate of drug-likeness (QED) is 0.429. The van der Waals surface area contributed by atoms with Crippen LogP contribution in [-0.2, 0) is 22.4 Å². The first-order chi connectivity index (χ1) is 14.0. The van der Waals surface area contributed by atoms with Gasteiger partial charge in [0.15, 0.2) is 6.61 Å². The highest BCUT2D eigenvalue weighted by molar-refractivity contribution is 7.14. The molecular formula is C20H22N2O6S. The number of hydrogen-bond acceptors (Lipinski definition) is 7. The molecule has 9 heteroatoms. The smallest absolute Gasteiger partial charge is 0.348 e. The number of hydrogen-bond donors (Lipinski definition) is 1. The molecule has 1 amide bonds. The molecule has 0 fully saturated rings. The number of thiophene rings is 1. The minimum Gasteiger partial charge on any atom is -0.495 e. The predicted octanol–water partition coefficient (Wildman–Crippen LogP) is 4.12. The van der Waals surface area contributed by atoms with Gasteiger partial charge < -0.3 is 14.8 Å². The van der Waals surface area contributed by atoms with Crippen molar-refractivity contribution in [2.24, 2.45) is 0 Å². The summed E-state index contributed by atoms with van der Waals surface area (Å²) < 4.78 is 10.2. The lowest BCUT2D eigenvalue weighted by Gasteiger charge is -2.10. The first-order valence-corrected chi connectivity index (χ1v) is 10.2. The lowest BCUT2D eigenvalue weighted by atomic mass is 10.00. The third-order valence-electron chi connectivity index (χ3n) is 4.70. The summed E-state index contributed by atoms with van der Waals surface area (Å²) in [6.45, 7) is -0.493. The molecule has 8 nitrogen and oxygen atoms in total. The fourth-order valence-corrected chi connectivity index (χ4v) is 4.39.